The fraction of sp³-hybridized carbons (Fsp3) is 0.0500. The van der Waals surface area contributed by atoms with E-state index in [0.717, 1.165) is 11.1 Å². The highest BCUT2D eigenvalue weighted by atomic mass is 35.5. The zero-order valence-electron chi connectivity index (χ0n) is 12.8. The molecule has 0 N–H and O–H groups in total. The molecule has 0 heterocycles. The summed E-state index contributed by atoms with van der Waals surface area (Å²) in [7, 11) is 0. The van der Waals surface area contributed by atoms with Gasteiger partial charge in [-0.05, 0) is 35.4 Å². The van der Waals surface area contributed by atoms with E-state index >= 15 is 0 Å². The van der Waals surface area contributed by atoms with Crippen LogP contribution in [0.2, 0.25) is 5.02 Å². The van der Waals surface area contributed by atoms with Gasteiger partial charge in [-0.3, -0.25) is 0 Å². The van der Waals surface area contributed by atoms with E-state index in [9.17, 15) is 4.79 Å². The Hall–Kier alpha value is -2.78. The highest BCUT2D eigenvalue weighted by Crippen LogP contribution is 2.24. The summed E-state index contributed by atoms with van der Waals surface area (Å²) in [6.45, 7) is -0.185. The number of esters is 1. The second kappa shape index (κ2) is 7.66. The maximum atomic E-state index is 11.8. The van der Waals surface area contributed by atoms with Crippen LogP contribution in [0.15, 0.2) is 78.9 Å². The molecule has 4 heteroatoms. The summed E-state index contributed by atoms with van der Waals surface area (Å²) in [6.07, 6.45) is 0. The van der Waals surface area contributed by atoms with Crippen molar-refractivity contribution in [3.05, 3.63) is 83.9 Å². The SMILES string of the molecule is O=C(COc1ccc(-c2ccccc2)cc1)Oc1ccccc1Cl. The van der Waals surface area contributed by atoms with Crippen LogP contribution in [-0.2, 0) is 4.79 Å². The molecule has 3 nitrogen and oxygen atoms in total. The predicted octanol–water partition coefficient (Wildman–Crippen LogP) is 4.99. The van der Waals surface area contributed by atoms with Crippen molar-refractivity contribution < 1.29 is 14.3 Å². The van der Waals surface area contributed by atoms with Crippen molar-refractivity contribution in [2.75, 3.05) is 6.61 Å². The van der Waals surface area contributed by atoms with E-state index in [0.29, 0.717) is 16.5 Å². The van der Waals surface area contributed by atoms with Crippen molar-refractivity contribution in [3.63, 3.8) is 0 Å². The Bertz CT molecular complexity index is 814. The fourth-order valence-electron chi connectivity index (χ4n) is 2.20. The van der Waals surface area contributed by atoms with Crippen molar-refractivity contribution >= 4 is 17.6 Å². The molecular formula is C20H15ClO3. The van der Waals surface area contributed by atoms with Crippen LogP contribution in [0.3, 0.4) is 0 Å². The molecule has 0 aromatic heterocycles. The van der Waals surface area contributed by atoms with Gasteiger partial charge < -0.3 is 9.47 Å². The van der Waals surface area contributed by atoms with Crippen LogP contribution in [0.4, 0.5) is 0 Å². The molecule has 0 bridgehead atoms. The van der Waals surface area contributed by atoms with Gasteiger partial charge in [0.05, 0.1) is 5.02 Å². The van der Waals surface area contributed by atoms with E-state index in [1.807, 2.05) is 54.6 Å². The predicted molar refractivity (Wildman–Crippen MR) is 94.5 cm³/mol. The summed E-state index contributed by atoms with van der Waals surface area (Å²) in [5, 5.41) is 0.387. The average Bonchev–Trinajstić information content (AvgIpc) is 2.63. The molecule has 24 heavy (non-hydrogen) atoms. The lowest BCUT2D eigenvalue weighted by Crippen LogP contribution is -2.17. The second-order valence-electron chi connectivity index (χ2n) is 5.08. The highest BCUT2D eigenvalue weighted by molar-refractivity contribution is 6.32. The van der Waals surface area contributed by atoms with E-state index in [2.05, 4.69) is 0 Å². The van der Waals surface area contributed by atoms with Gasteiger partial charge in [-0.2, -0.15) is 0 Å². The van der Waals surface area contributed by atoms with Crippen LogP contribution < -0.4 is 9.47 Å². The standard InChI is InChI=1S/C20H15ClO3/c21-18-8-4-5-9-19(18)24-20(22)14-23-17-12-10-16(11-13-17)15-6-2-1-3-7-15/h1-13H,14H2. The van der Waals surface area contributed by atoms with Crippen LogP contribution in [-0.4, -0.2) is 12.6 Å². The Kier molecular flexibility index (Phi) is 5.14. The van der Waals surface area contributed by atoms with Crippen molar-refractivity contribution in [2.24, 2.45) is 0 Å². The summed E-state index contributed by atoms with van der Waals surface area (Å²) in [5.41, 5.74) is 2.21. The molecule has 0 amide bonds. The first-order valence-corrected chi connectivity index (χ1v) is 7.84. The molecule has 120 valence electrons. The quantitative estimate of drug-likeness (QED) is 0.485. The van der Waals surface area contributed by atoms with Crippen LogP contribution in [0, 0.1) is 0 Å². The summed E-state index contributed by atoms with van der Waals surface area (Å²) in [6, 6.07) is 24.4. The summed E-state index contributed by atoms with van der Waals surface area (Å²) in [4.78, 5) is 11.8. The average molecular weight is 339 g/mol. The molecule has 3 aromatic rings. The molecule has 3 rings (SSSR count). The molecule has 0 radical (unpaired) electrons. The van der Waals surface area contributed by atoms with Crippen LogP contribution >= 0.6 is 11.6 Å². The fourth-order valence-corrected chi connectivity index (χ4v) is 2.37. The minimum atomic E-state index is -0.504. The van der Waals surface area contributed by atoms with E-state index in [4.69, 9.17) is 21.1 Å². The van der Waals surface area contributed by atoms with E-state index in [1.165, 1.54) is 0 Å². The maximum Gasteiger partial charge on any atom is 0.349 e. The van der Waals surface area contributed by atoms with Gasteiger partial charge in [-0.1, -0.05) is 66.2 Å². The van der Waals surface area contributed by atoms with E-state index in [-0.39, 0.29) is 6.61 Å². The van der Waals surface area contributed by atoms with Crippen molar-refractivity contribution in [2.45, 2.75) is 0 Å². The first kappa shape index (κ1) is 16.1. The molecule has 0 aliphatic carbocycles. The molecule has 0 aliphatic rings. The molecule has 0 fully saturated rings. The number of hydrogen-bond donors (Lipinski definition) is 0. The Morgan fingerprint density at radius 2 is 1.42 bits per heavy atom. The Labute approximate surface area is 145 Å². The molecular weight excluding hydrogens is 324 g/mol. The normalized spacial score (nSPS) is 10.2. The van der Waals surface area contributed by atoms with Gasteiger partial charge in [-0.15, -0.1) is 0 Å². The van der Waals surface area contributed by atoms with Crippen LogP contribution in [0.5, 0.6) is 11.5 Å². The van der Waals surface area contributed by atoms with Crippen molar-refractivity contribution in [3.8, 4) is 22.6 Å². The third-order valence-corrected chi connectivity index (χ3v) is 3.69. The molecule has 0 atom stereocenters. The van der Waals surface area contributed by atoms with Crippen molar-refractivity contribution in [1.82, 2.24) is 0 Å². The van der Waals surface area contributed by atoms with E-state index < -0.39 is 5.97 Å². The van der Waals surface area contributed by atoms with Crippen molar-refractivity contribution in [1.29, 1.82) is 0 Å². The summed E-state index contributed by atoms with van der Waals surface area (Å²) >= 11 is 5.94. The number of hydrogen-bond acceptors (Lipinski definition) is 3. The Morgan fingerprint density at radius 1 is 0.792 bits per heavy atom. The van der Waals surface area contributed by atoms with Crippen LogP contribution in [0.1, 0.15) is 0 Å². The molecule has 0 spiro atoms. The monoisotopic (exact) mass is 338 g/mol. The topological polar surface area (TPSA) is 35.5 Å². The number of benzene rings is 3. The smallest absolute Gasteiger partial charge is 0.349 e. The van der Waals surface area contributed by atoms with Gasteiger partial charge >= 0.3 is 5.97 Å². The van der Waals surface area contributed by atoms with Gasteiger partial charge in [0.15, 0.2) is 6.61 Å². The molecule has 0 aliphatic heterocycles. The lowest BCUT2D eigenvalue weighted by atomic mass is 10.1. The molecule has 0 saturated carbocycles. The Balaban J connectivity index is 1.57. The van der Waals surface area contributed by atoms with Gasteiger partial charge in [0, 0.05) is 0 Å². The number of rotatable bonds is 5. The maximum absolute atomic E-state index is 11.8. The first-order chi connectivity index (χ1) is 11.7. The molecule has 0 unspecified atom stereocenters. The Morgan fingerprint density at radius 3 is 2.12 bits per heavy atom. The molecule has 0 saturated heterocycles. The zero-order chi connectivity index (χ0) is 16.8. The third kappa shape index (κ3) is 4.15. The molecule has 3 aromatic carbocycles. The summed E-state index contributed by atoms with van der Waals surface area (Å²) in [5.74, 6) is 0.424. The number of carbonyl (C=O) groups excluding carboxylic acids is 1. The lowest BCUT2D eigenvalue weighted by molar-refractivity contribution is -0.136. The van der Waals surface area contributed by atoms with Gasteiger partial charge in [0.2, 0.25) is 0 Å². The number of para-hydroxylation sites is 1. The highest BCUT2D eigenvalue weighted by Gasteiger charge is 2.09. The first-order valence-electron chi connectivity index (χ1n) is 7.46. The largest absolute Gasteiger partial charge is 0.482 e. The lowest BCUT2D eigenvalue weighted by Gasteiger charge is -2.08. The van der Waals surface area contributed by atoms with Gasteiger partial charge in [0.1, 0.15) is 11.5 Å². The number of ether oxygens (including phenoxy) is 2. The summed E-state index contributed by atoms with van der Waals surface area (Å²) < 4.78 is 10.6. The number of halogens is 1. The van der Waals surface area contributed by atoms with Gasteiger partial charge in [0.25, 0.3) is 0 Å². The second-order valence-corrected chi connectivity index (χ2v) is 5.49. The zero-order valence-corrected chi connectivity index (χ0v) is 13.6. The number of carbonyl (C=O) groups is 1. The minimum Gasteiger partial charge on any atom is -0.482 e. The van der Waals surface area contributed by atoms with Gasteiger partial charge in [-0.25, -0.2) is 4.79 Å². The van der Waals surface area contributed by atoms with Crippen LogP contribution in [0.25, 0.3) is 11.1 Å². The third-order valence-electron chi connectivity index (χ3n) is 3.38. The van der Waals surface area contributed by atoms with E-state index in [1.54, 1.807) is 24.3 Å². The minimum absolute atomic E-state index is 0.185.